The van der Waals surface area contributed by atoms with Crippen LogP contribution in [-0.2, 0) is 0 Å². The molecule has 2 N–H and O–H groups in total. The lowest BCUT2D eigenvalue weighted by Crippen LogP contribution is -2.44. The van der Waals surface area contributed by atoms with Crippen molar-refractivity contribution < 1.29 is 9.12 Å². The summed E-state index contributed by atoms with van der Waals surface area (Å²) in [7, 11) is 0. The number of hydrogen-bond donors (Lipinski definition) is 2. The van der Waals surface area contributed by atoms with E-state index in [1.807, 2.05) is 13.0 Å². The molecule has 0 amide bonds. The number of aryl methyl sites for hydroxylation is 2. The van der Waals surface area contributed by atoms with Gasteiger partial charge >= 0.3 is 0 Å². The second-order valence-corrected chi connectivity index (χ2v) is 5.72. The number of amidine groups is 1. The lowest BCUT2D eigenvalue weighted by Gasteiger charge is -2.28. The lowest BCUT2D eigenvalue weighted by atomic mass is 10.0. The molecule has 0 saturated carbocycles. The Morgan fingerprint density at radius 1 is 1.36 bits per heavy atom. The molecule has 22 heavy (non-hydrogen) atoms. The largest absolute Gasteiger partial charge is 0.711 e. The number of nitrogens with one attached hydrogen (secondary N) is 2. The smallest absolute Gasteiger partial charge is 0.296 e. The summed E-state index contributed by atoms with van der Waals surface area (Å²) >= 11 is 0. The van der Waals surface area contributed by atoms with Gasteiger partial charge in [0.15, 0.2) is 0 Å². The first kappa shape index (κ1) is 16.2. The standard InChI is InChI=1S/C14H18FN5O.CH4/c1-8-5-9(2)13(19(21)7-8)20-12(16)11-6-10(15)3-4-18(11)14(20)17;/h5,7,10-11,16-17H,3-4,6H2,1-2H3;1H4. The van der Waals surface area contributed by atoms with E-state index < -0.39 is 12.2 Å². The van der Waals surface area contributed by atoms with Crippen molar-refractivity contribution in [3.05, 3.63) is 28.6 Å². The summed E-state index contributed by atoms with van der Waals surface area (Å²) in [4.78, 5) is 3.04. The van der Waals surface area contributed by atoms with Crippen molar-refractivity contribution in [3.8, 4) is 0 Å². The van der Waals surface area contributed by atoms with E-state index in [0.717, 1.165) is 5.56 Å². The van der Waals surface area contributed by atoms with Crippen LogP contribution in [0.15, 0.2) is 12.3 Å². The number of alkyl halides is 1. The predicted octanol–water partition coefficient (Wildman–Crippen LogP) is 2.11. The Morgan fingerprint density at radius 3 is 2.68 bits per heavy atom. The monoisotopic (exact) mass is 307 g/mol. The molecule has 0 radical (unpaired) electrons. The van der Waals surface area contributed by atoms with Gasteiger partial charge in [0.05, 0.1) is 6.20 Å². The third kappa shape index (κ3) is 2.30. The molecular weight excluding hydrogens is 285 g/mol. The van der Waals surface area contributed by atoms with E-state index in [9.17, 15) is 9.60 Å². The van der Waals surface area contributed by atoms with Gasteiger partial charge in [-0.3, -0.25) is 5.41 Å². The maximum absolute atomic E-state index is 13.6. The SMILES string of the molecule is C.Cc1cc(C)c(N2C(=N)C3CC(F)CCN3C2=N)[n+]([O-])c1. The molecule has 2 atom stereocenters. The molecule has 2 saturated heterocycles. The zero-order chi connectivity index (χ0) is 15.3. The topological polar surface area (TPSA) is 81.1 Å². The number of aromatic nitrogens is 1. The maximum Gasteiger partial charge on any atom is 0.296 e. The van der Waals surface area contributed by atoms with Gasteiger partial charge in [0.2, 0.25) is 5.84 Å². The van der Waals surface area contributed by atoms with Crippen LogP contribution in [0.4, 0.5) is 10.2 Å². The van der Waals surface area contributed by atoms with Crippen LogP contribution in [0.3, 0.4) is 0 Å². The third-order valence-corrected chi connectivity index (χ3v) is 4.12. The summed E-state index contributed by atoms with van der Waals surface area (Å²) in [5, 5.41) is 28.7. The average Bonchev–Trinajstić information content (AvgIpc) is 2.62. The van der Waals surface area contributed by atoms with Gasteiger partial charge in [-0.25, -0.2) is 14.5 Å². The Labute approximate surface area is 129 Å². The molecule has 0 spiro atoms. The summed E-state index contributed by atoms with van der Waals surface area (Å²) < 4.78 is 14.3. The number of guanidine groups is 1. The van der Waals surface area contributed by atoms with E-state index in [-0.39, 0.29) is 31.5 Å². The highest BCUT2D eigenvalue weighted by molar-refractivity contribution is 6.22. The van der Waals surface area contributed by atoms with Gasteiger partial charge in [0.25, 0.3) is 11.8 Å². The predicted molar refractivity (Wildman–Crippen MR) is 84.2 cm³/mol. The Balaban J connectivity index is 0.00000176. The van der Waals surface area contributed by atoms with E-state index in [4.69, 9.17) is 10.8 Å². The van der Waals surface area contributed by atoms with Crippen LogP contribution in [0.25, 0.3) is 0 Å². The van der Waals surface area contributed by atoms with Crippen molar-refractivity contribution in [2.24, 2.45) is 0 Å². The minimum absolute atomic E-state index is 0. The fraction of sp³-hybridized carbons (Fsp3) is 0.533. The van der Waals surface area contributed by atoms with Gasteiger partial charge in [-0.15, -0.1) is 4.90 Å². The molecule has 3 heterocycles. The van der Waals surface area contributed by atoms with Crippen molar-refractivity contribution in [2.45, 2.75) is 46.3 Å². The summed E-state index contributed by atoms with van der Waals surface area (Å²) in [5.74, 6) is 0.466. The van der Waals surface area contributed by atoms with E-state index in [1.54, 1.807) is 11.8 Å². The molecule has 7 heteroatoms. The normalized spacial score (nSPS) is 24.3. The summed E-state index contributed by atoms with van der Waals surface area (Å²) in [6.45, 7) is 4.02. The minimum Gasteiger partial charge on any atom is -0.711 e. The minimum atomic E-state index is -0.946. The van der Waals surface area contributed by atoms with Gasteiger partial charge < -0.3 is 10.1 Å². The molecule has 2 fully saturated rings. The van der Waals surface area contributed by atoms with E-state index in [2.05, 4.69) is 0 Å². The first-order valence-corrected chi connectivity index (χ1v) is 6.98. The maximum atomic E-state index is 13.6. The molecule has 0 bridgehead atoms. The summed E-state index contributed by atoms with van der Waals surface area (Å²) in [6.07, 6.45) is 1.06. The second-order valence-electron chi connectivity index (χ2n) is 5.72. The lowest BCUT2D eigenvalue weighted by molar-refractivity contribution is -0.591. The van der Waals surface area contributed by atoms with Gasteiger partial charge in [0.1, 0.15) is 12.2 Å². The fourth-order valence-electron chi connectivity index (χ4n) is 3.18. The van der Waals surface area contributed by atoms with Crippen LogP contribution < -0.4 is 9.63 Å². The number of nitrogens with zero attached hydrogens (tertiary/aromatic N) is 3. The molecule has 3 rings (SSSR count). The highest BCUT2D eigenvalue weighted by atomic mass is 19.1. The Bertz CT molecular complexity index is 609. The van der Waals surface area contributed by atoms with Crippen LogP contribution >= 0.6 is 0 Å². The van der Waals surface area contributed by atoms with Gasteiger partial charge in [-0.1, -0.05) is 7.43 Å². The highest BCUT2D eigenvalue weighted by Crippen LogP contribution is 2.31. The number of piperidine rings is 1. The first-order chi connectivity index (χ1) is 9.90. The second kappa shape index (κ2) is 5.55. The molecule has 2 aliphatic heterocycles. The van der Waals surface area contributed by atoms with E-state index in [1.165, 1.54) is 11.1 Å². The quantitative estimate of drug-likeness (QED) is 0.616. The Morgan fingerprint density at radius 2 is 2.05 bits per heavy atom. The van der Waals surface area contributed by atoms with Crippen LogP contribution in [0.2, 0.25) is 0 Å². The summed E-state index contributed by atoms with van der Waals surface area (Å²) in [5.41, 5.74) is 1.53. The number of hydrogen-bond acceptors (Lipinski definition) is 3. The van der Waals surface area contributed by atoms with E-state index >= 15 is 0 Å². The molecule has 120 valence electrons. The molecule has 2 unspecified atom stereocenters. The van der Waals surface area contributed by atoms with Crippen molar-refractivity contribution >= 4 is 17.6 Å². The van der Waals surface area contributed by atoms with Crippen LogP contribution in [0, 0.1) is 29.9 Å². The zero-order valence-corrected chi connectivity index (χ0v) is 12.1. The van der Waals surface area contributed by atoms with Crippen molar-refractivity contribution in [1.29, 1.82) is 10.8 Å². The van der Waals surface area contributed by atoms with Crippen molar-refractivity contribution in [3.63, 3.8) is 0 Å². The fourth-order valence-corrected chi connectivity index (χ4v) is 3.18. The Hall–Kier alpha value is -2.18. The molecule has 0 aromatic carbocycles. The van der Waals surface area contributed by atoms with Crippen LogP contribution in [0.5, 0.6) is 0 Å². The number of halogens is 1. The molecule has 6 nitrogen and oxygen atoms in total. The third-order valence-electron chi connectivity index (χ3n) is 4.12. The Kier molecular flexibility index (Phi) is 4.08. The molecule has 1 aromatic heterocycles. The number of rotatable bonds is 1. The van der Waals surface area contributed by atoms with Gasteiger partial charge in [0, 0.05) is 18.5 Å². The summed E-state index contributed by atoms with van der Waals surface area (Å²) in [6, 6.07) is 1.40. The molecular formula is C15H22FN5O. The first-order valence-electron chi connectivity index (χ1n) is 6.98. The van der Waals surface area contributed by atoms with Gasteiger partial charge in [-0.05, 0) is 31.9 Å². The highest BCUT2D eigenvalue weighted by Gasteiger charge is 2.50. The molecule has 0 aliphatic carbocycles. The molecule has 1 aromatic rings. The van der Waals surface area contributed by atoms with Gasteiger partial charge in [-0.2, -0.15) is 0 Å². The van der Waals surface area contributed by atoms with Crippen molar-refractivity contribution in [2.75, 3.05) is 11.4 Å². The van der Waals surface area contributed by atoms with Crippen LogP contribution in [-0.4, -0.2) is 35.5 Å². The van der Waals surface area contributed by atoms with Crippen molar-refractivity contribution in [1.82, 2.24) is 4.90 Å². The van der Waals surface area contributed by atoms with E-state index in [0.29, 0.717) is 23.3 Å². The van der Waals surface area contributed by atoms with Crippen LogP contribution in [0.1, 0.15) is 31.4 Å². The average molecular weight is 307 g/mol. The number of fused-ring (bicyclic) bond motifs is 1. The zero-order valence-electron chi connectivity index (χ0n) is 12.1. The number of pyridine rings is 1. The molecule has 2 aliphatic rings. The number of anilines is 1.